The molecule has 1 aliphatic rings. The van der Waals surface area contributed by atoms with Gasteiger partial charge < -0.3 is 5.73 Å². The molecule has 1 nitrogen and oxygen atoms in total. The molecule has 0 amide bonds. The molecule has 0 bridgehead atoms. The van der Waals surface area contributed by atoms with Crippen molar-refractivity contribution in [3.05, 3.63) is 0 Å². The maximum atomic E-state index is 13.0. The van der Waals surface area contributed by atoms with Crippen LogP contribution in [0.15, 0.2) is 0 Å². The van der Waals surface area contributed by atoms with Gasteiger partial charge in [-0.3, -0.25) is 0 Å². The highest BCUT2D eigenvalue weighted by atomic mass is 19.4. The van der Waals surface area contributed by atoms with Crippen LogP contribution >= 0.6 is 0 Å². The molecule has 13 heavy (non-hydrogen) atoms. The van der Waals surface area contributed by atoms with E-state index in [0.29, 0.717) is 0 Å². The predicted molar refractivity (Wildman–Crippen MR) is 40.8 cm³/mol. The fraction of sp³-hybridized carbons (Fsp3) is 1.00. The van der Waals surface area contributed by atoms with Crippen LogP contribution in [0.5, 0.6) is 0 Å². The third-order valence-electron chi connectivity index (χ3n) is 3.12. The SMILES string of the molecule is CC1(C)CC1(CN)C(F)C(F)(F)F. The summed E-state index contributed by atoms with van der Waals surface area (Å²) >= 11 is 0. The molecule has 78 valence electrons. The average molecular weight is 199 g/mol. The highest BCUT2D eigenvalue weighted by Crippen LogP contribution is 2.67. The summed E-state index contributed by atoms with van der Waals surface area (Å²) in [5.74, 6) is 0. The number of hydrogen-bond acceptors (Lipinski definition) is 1. The minimum Gasteiger partial charge on any atom is -0.330 e. The van der Waals surface area contributed by atoms with E-state index in [9.17, 15) is 17.6 Å². The summed E-state index contributed by atoms with van der Waals surface area (Å²) in [6.45, 7) is 2.97. The van der Waals surface area contributed by atoms with Crippen molar-refractivity contribution in [2.75, 3.05) is 6.54 Å². The molecule has 0 radical (unpaired) electrons. The molecule has 1 rings (SSSR count). The van der Waals surface area contributed by atoms with E-state index < -0.39 is 23.2 Å². The Labute approximate surface area is 74.3 Å². The van der Waals surface area contributed by atoms with E-state index >= 15 is 0 Å². The Morgan fingerprint density at radius 2 is 1.77 bits per heavy atom. The zero-order valence-electron chi connectivity index (χ0n) is 7.58. The number of nitrogens with two attached hydrogens (primary N) is 1. The molecule has 1 saturated carbocycles. The Hall–Kier alpha value is -0.320. The van der Waals surface area contributed by atoms with Crippen LogP contribution < -0.4 is 5.73 Å². The lowest BCUT2D eigenvalue weighted by atomic mass is 9.90. The Morgan fingerprint density at radius 1 is 1.38 bits per heavy atom. The van der Waals surface area contributed by atoms with E-state index in [-0.39, 0.29) is 13.0 Å². The second kappa shape index (κ2) is 2.59. The van der Waals surface area contributed by atoms with Crippen LogP contribution in [0.4, 0.5) is 17.6 Å². The van der Waals surface area contributed by atoms with Gasteiger partial charge in [-0.25, -0.2) is 4.39 Å². The smallest absolute Gasteiger partial charge is 0.330 e. The quantitative estimate of drug-likeness (QED) is 0.678. The van der Waals surface area contributed by atoms with E-state index in [1.807, 2.05) is 0 Å². The number of halogens is 4. The summed E-state index contributed by atoms with van der Waals surface area (Å²) in [4.78, 5) is 0. The molecule has 0 heterocycles. The van der Waals surface area contributed by atoms with Crippen molar-refractivity contribution >= 4 is 0 Å². The molecular weight excluding hydrogens is 186 g/mol. The first-order valence-electron chi connectivity index (χ1n) is 4.08. The van der Waals surface area contributed by atoms with Crippen LogP contribution in [0.2, 0.25) is 0 Å². The molecule has 0 saturated heterocycles. The van der Waals surface area contributed by atoms with Gasteiger partial charge in [0, 0.05) is 12.0 Å². The minimum atomic E-state index is -4.78. The fourth-order valence-corrected chi connectivity index (χ4v) is 1.94. The van der Waals surface area contributed by atoms with Gasteiger partial charge in [0.25, 0.3) is 0 Å². The van der Waals surface area contributed by atoms with Gasteiger partial charge in [0.2, 0.25) is 6.17 Å². The van der Waals surface area contributed by atoms with Crippen LogP contribution in [0.3, 0.4) is 0 Å². The van der Waals surface area contributed by atoms with Crippen LogP contribution in [0.25, 0.3) is 0 Å². The molecule has 0 aromatic rings. The monoisotopic (exact) mass is 199 g/mol. The van der Waals surface area contributed by atoms with Crippen LogP contribution in [0.1, 0.15) is 20.3 Å². The van der Waals surface area contributed by atoms with Gasteiger partial charge in [0.15, 0.2) is 0 Å². The molecule has 1 aliphatic carbocycles. The van der Waals surface area contributed by atoms with Crippen molar-refractivity contribution in [3.8, 4) is 0 Å². The normalized spacial score (nSPS) is 34.4. The molecule has 0 spiro atoms. The molecule has 5 heteroatoms. The lowest BCUT2D eigenvalue weighted by molar-refractivity contribution is -0.201. The molecule has 0 aliphatic heterocycles. The van der Waals surface area contributed by atoms with Gasteiger partial charge in [-0.05, 0) is 11.8 Å². The first-order chi connectivity index (χ1) is 5.67. The zero-order valence-corrected chi connectivity index (χ0v) is 7.58. The van der Waals surface area contributed by atoms with E-state index in [1.54, 1.807) is 13.8 Å². The minimum absolute atomic E-state index is 0.206. The van der Waals surface area contributed by atoms with Gasteiger partial charge in [0.1, 0.15) is 0 Å². The number of alkyl halides is 4. The lowest BCUT2D eigenvalue weighted by Gasteiger charge is -2.24. The highest BCUT2D eigenvalue weighted by molar-refractivity contribution is 5.15. The topological polar surface area (TPSA) is 26.0 Å². The van der Waals surface area contributed by atoms with Crippen LogP contribution in [0, 0.1) is 10.8 Å². The third-order valence-corrected chi connectivity index (χ3v) is 3.12. The predicted octanol–water partition coefficient (Wildman–Crippen LogP) is 2.26. The third kappa shape index (κ3) is 1.43. The molecule has 1 fully saturated rings. The Morgan fingerprint density at radius 3 is 1.85 bits per heavy atom. The molecule has 2 N–H and O–H groups in total. The second-order valence-electron chi connectivity index (χ2n) is 4.33. The average Bonchev–Trinajstić information content (AvgIpc) is 2.51. The molecule has 0 aromatic carbocycles. The Kier molecular flexibility index (Phi) is 2.14. The van der Waals surface area contributed by atoms with E-state index in [2.05, 4.69) is 0 Å². The van der Waals surface area contributed by atoms with Crippen LogP contribution in [-0.4, -0.2) is 18.9 Å². The summed E-state index contributed by atoms with van der Waals surface area (Å²) in [5, 5.41) is 0. The fourth-order valence-electron chi connectivity index (χ4n) is 1.94. The van der Waals surface area contributed by atoms with E-state index in [4.69, 9.17) is 5.73 Å². The van der Waals surface area contributed by atoms with Gasteiger partial charge in [0.05, 0.1) is 0 Å². The summed E-state index contributed by atoms with van der Waals surface area (Å²) in [5.41, 5.74) is 3.19. The van der Waals surface area contributed by atoms with Crippen molar-refractivity contribution < 1.29 is 17.6 Å². The second-order valence-corrected chi connectivity index (χ2v) is 4.33. The maximum Gasteiger partial charge on any atom is 0.420 e. The number of rotatable bonds is 2. The van der Waals surface area contributed by atoms with E-state index in [1.165, 1.54) is 0 Å². The summed E-state index contributed by atoms with van der Waals surface area (Å²) in [6.07, 6.45) is -7.37. The highest BCUT2D eigenvalue weighted by Gasteiger charge is 2.71. The van der Waals surface area contributed by atoms with Crippen molar-refractivity contribution in [2.45, 2.75) is 32.6 Å². The van der Waals surface area contributed by atoms with Crippen molar-refractivity contribution in [1.29, 1.82) is 0 Å². The molecule has 2 unspecified atom stereocenters. The first kappa shape index (κ1) is 10.8. The summed E-state index contributed by atoms with van der Waals surface area (Å²) < 4.78 is 49.3. The number of hydrogen-bond donors (Lipinski definition) is 1. The molecule has 2 atom stereocenters. The van der Waals surface area contributed by atoms with Crippen LogP contribution in [-0.2, 0) is 0 Å². The van der Waals surface area contributed by atoms with Crippen molar-refractivity contribution in [3.63, 3.8) is 0 Å². The van der Waals surface area contributed by atoms with E-state index in [0.717, 1.165) is 0 Å². The Balaban J connectivity index is 2.83. The molecule has 0 aromatic heterocycles. The first-order valence-corrected chi connectivity index (χ1v) is 4.08. The maximum absolute atomic E-state index is 13.0. The van der Waals surface area contributed by atoms with Gasteiger partial charge in [-0.2, -0.15) is 13.2 Å². The largest absolute Gasteiger partial charge is 0.420 e. The Bertz CT molecular complexity index is 207. The van der Waals surface area contributed by atoms with Gasteiger partial charge in [-0.15, -0.1) is 0 Å². The van der Waals surface area contributed by atoms with Gasteiger partial charge in [-0.1, -0.05) is 13.8 Å². The zero-order chi connectivity index (χ0) is 10.5. The van der Waals surface area contributed by atoms with Crippen molar-refractivity contribution in [1.82, 2.24) is 0 Å². The standard InChI is InChI=1S/C8H13F4N/c1-6(2)3-7(6,4-13)5(9)8(10,11)12/h5H,3-4,13H2,1-2H3. The lowest BCUT2D eigenvalue weighted by Crippen LogP contribution is -2.40. The molecular formula is C8H13F4N. The summed E-state index contributed by atoms with van der Waals surface area (Å²) in [7, 11) is 0. The summed E-state index contributed by atoms with van der Waals surface area (Å²) in [6, 6.07) is 0. The van der Waals surface area contributed by atoms with Crippen molar-refractivity contribution in [2.24, 2.45) is 16.6 Å². The van der Waals surface area contributed by atoms with Gasteiger partial charge >= 0.3 is 6.18 Å².